The van der Waals surface area contributed by atoms with Gasteiger partial charge in [0.05, 0.1) is 16.6 Å². The quantitative estimate of drug-likeness (QED) is 0.462. The fraction of sp³-hybridized carbons (Fsp3) is 0.0909. The predicted molar refractivity (Wildman–Crippen MR) is 114 cm³/mol. The Morgan fingerprint density at radius 1 is 1.00 bits per heavy atom. The summed E-state index contributed by atoms with van der Waals surface area (Å²) >= 11 is 12.0. The summed E-state index contributed by atoms with van der Waals surface area (Å²) in [6.45, 7) is 2.10. The smallest absolute Gasteiger partial charge is 0.321 e. The molecule has 0 unspecified atom stereocenters. The van der Waals surface area contributed by atoms with Crippen molar-refractivity contribution in [1.29, 1.82) is 0 Å². The monoisotopic (exact) mass is 425 g/mol. The number of urea groups is 1. The van der Waals surface area contributed by atoms with Crippen LogP contribution in [0.2, 0.25) is 10.0 Å². The zero-order chi connectivity index (χ0) is 20.5. The van der Waals surface area contributed by atoms with Gasteiger partial charge in [0, 0.05) is 17.6 Å². The van der Waals surface area contributed by atoms with E-state index >= 15 is 0 Å². The normalized spacial score (nSPS) is 15.3. The number of aromatic nitrogens is 1. The molecule has 0 aliphatic carbocycles. The van der Waals surface area contributed by atoms with Gasteiger partial charge in [0.2, 0.25) is 0 Å². The molecule has 4 rings (SSSR count). The Bertz CT molecular complexity index is 1140. The second-order valence-electron chi connectivity index (χ2n) is 6.75. The number of para-hydroxylation sites is 1. The van der Waals surface area contributed by atoms with Gasteiger partial charge in [0.1, 0.15) is 5.70 Å². The van der Waals surface area contributed by atoms with Crippen molar-refractivity contribution in [2.75, 3.05) is 0 Å². The highest BCUT2D eigenvalue weighted by atomic mass is 35.5. The van der Waals surface area contributed by atoms with Crippen LogP contribution in [-0.4, -0.2) is 21.4 Å². The molecule has 29 heavy (non-hydrogen) atoms. The maximum Gasteiger partial charge on any atom is 0.329 e. The Morgan fingerprint density at radius 2 is 1.76 bits per heavy atom. The third kappa shape index (κ3) is 3.92. The minimum atomic E-state index is -0.466. The van der Waals surface area contributed by atoms with Crippen molar-refractivity contribution in [2.24, 2.45) is 0 Å². The number of amides is 3. The lowest BCUT2D eigenvalue weighted by Crippen LogP contribution is -2.30. The molecule has 3 amide bonds. The summed E-state index contributed by atoms with van der Waals surface area (Å²) in [4.78, 5) is 26.2. The van der Waals surface area contributed by atoms with E-state index in [1.165, 1.54) is 0 Å². The number of aryl methyl sites for hydroxylation is 1. The van der Waals surface area contributed by atoms with Gasteiger partial charge in [-0.3, -0.25) is 9.69 Å². The minimum Gasteiger partial charge on any atom is -0.321 e. The number of imide groups is 1. The Labute approximate surface area is 178 Å². The van der Waals surface area contributed by atoms with E-state index in [0.717, 1.165) is 27.4 Å². The molecule has 1 aliphatic heterocycles. The summed E-state index contributed by atoms with van der Waals surface area (Å²) in [5.41, 5.74) is 3.83. The van der Waals surface area contributed by atoms with Gasteiger partial charge in [-0.15, -0.1) is 0 Å². The number of hydrogen-bond donors (Lipinski definition) is 1. The molecule has 5 nitrogen and oxygen atoms in total. The largest absolute Gasteiger partial charge is 0.329 e. The van der Waals surface area contributed by atoms with Gasteiger partial charge in [-0.05, 0) is 54.5 Å². The average Bonchev–Trinajstić information content (AvgIpc) is 3.19. The van der Waals surface area contributed by atoms with Gasteiger partial charge in [-0.2, -0.15) is 0 Å². The van der Waals surface area contributed by atoms with E-state index in [0.29, 0.717) is 10.0 Å². The van der Waals surface area contributed by atoms with E-state index in [9.17, 15) is 9.59 Å². The number of nitrogens with zero attached hydrogens (tertiary/aromatic N) is 2. The minimum absolute atomic E-state index is 0.114. The highest BCUT2D eigenvalue weighted by molar-refractivity contribution is 6.42. The molecule has 1 saturated heterocycles. The number of carbonyl (C=O) groups excluding carboxylic acids is 2. The summed E-state index contributed by atoms with van der Waals surface area (Å²) in [6, 6.07) is 16.4. The Balaban J connectivity index is 1.57. The number of benzene rings is 2. The average molecular weight is 426 g/mol. The molecule has 1 aliphatic rings. The SMILES string of the molecule is Cc1cc(/C=C2/NC(=O)N(Cc3ccc(Cl)c(Cl)c3)C2=O)cn1-c1ccccc1. The zero-order valence-corrected chi connectivity index (χ0v) is 17.0. The highest BCUT2D eigenvalue weighted by Gasteiger charge is 2.33. The number of carbonyl (C=O) groups is 2. The van der Waals surface area contributed by atoms with Crippen molar-refractivity contribution in [1.82, 2.24) is 14.8 Å². The van der Waals surface area contributed by atoms with E-state index < -0.39 is 6.03 Å². The van der Waals surface area contributed by atoms with Gasteiger partial charge >= 0.3 is 6.03 Å². The lowest BCUT2D eigenvalue weighted by atomic mass is 10.2. The fourth-order valence-electron chi connectivity index (χ4n) is 3.25. The summed E-state index contributed by atoms with van der Waals surface area (Å²) < 4.78 is 2.03. The zero-order valence-electron chi connectivity index (χ0n) is 15.5. The van der Waals surface area contributed by atoms with Crippen molar-refractivity contribution >= 4 is 41.2 Å². The van der Waals surface area contributed by atoms with Gasteiger partial charge in [0.15, 0.2) is 0 Å². The van der Waals surface area contributed by atoms with Crippen LogP contribution in [0.1, 0.15) is 16.8 Å². The molecule has 1 N–H and O–H groups in total. The van der Waals surface area contributed by atoms with Crippen LogP contribution in [0.25, 0.3) is 11.8 Å². The molecule has 3 aromatic rings. The Hall–Kier alpha value is -3.02. The molecule has 0 bridgehead atoms. The van der Waals surface area contributed by atoms with Gasteiger partial charge < -0.3 is 9.88 Å². The molecule has 1 aromatic heterocycles. The molecule has 1 fully saturated rings. The Morgan fingerprint density at radius 3 is 2.48 bits per heavy atom. The van der Waals surface area contributed by atoms with Crippen molar-refractivity contribution in [3.63, 3.8) is 0 Å². The molecule has 0 radical (unpaired) electrons. The molecule has 2 heterocycles. The van der Waals surface area contributed by atoms with Crippen LogP contribution < -0.4 is 5.32 Å². The molecule has 146 valence electrons. The topological polar surface area (TPSA) is 54.3 Å². The summed E-state index contributed by atoms with van der Waals surface area (Å²) in [7, 11) is 0. The first-order chi connectivity index (χ1) is 13.9. The number of nitrogens with one attached hydrogen (secondary N) is 1. The fourth-order valence-corrected chi connectivity index (χ4v) is 3.57. The number of rotatable bonds is 4. The van der Waals surface area contributed by atoms with Crippen molar-refractivity contribution in [3.05, 3.63) is 93.4 Å². The van der Waals surface area contributed by atoms with E-state index in [1.807, 2.05) is 54.1 Å². The molecule has 0 spiro atoms. The van der Waals surface area contributed by atoms with E-state index in [-0.39, 0.29) is 18.1 Å². The van der Waals surface area contributed by atoms with Crippen LogP contribution in [0.5, 0.6) is 0 Å². The van der Waals surface area contributed by atoms with Crippen LogP contribution in [0.3, 0.4) is 0 Å². The second-order valence-corrected chi connectivity index (χ2v) is 7.56. The second kappa shape index (κ2) is 7.78. The van der Waals surface area contributed by atoms with E-state index in [2.05, 4.69) is 5.32 Å². The molecule has 0 saturated carbocycles. The predicted octanol–water partition coefficient (Wildman–Crippen LogP) is 5.19. The highest BCUT2D eigenvalue weighted by Crippen LogP contribution is 2.25. The van der Waals surface area contributed by atoms with Crippen LogP contribution in [0, 0.1) is 6.92 Å². The van der Waals surface area contributed by atoms with Crippen molar-refractivity contribution in [2.45, 2.75) is 13.5 Å². The van der Waals surface area contributed by atoms with Crippen LogP contribution in [0.15, 0.2) is 66.5 Å². The lowest BCUT2D eigenvalue weighted by Gasteiger charge is -2.12. The van der Waals surface area contributed by atoms with E-state index in [1.54, 1.807) is 24.3 Å². The third-order valence-electron chi connectivity index (χ3n) is 4.67. The summed E-state index contributed by atoms with van der Waals surface area (Å²) in [5, 5.41) is 3.45. The van der Waals surface area contributed by atoms with Gasteiger partial charge in [0.25, 0.3) is 5.91 Å². The molecule has 2 aromatic carbocycles. The summed E-state index contributed by atoms with van der Waals surface area (Å²) in [6.07, 6.45) is 3.61. The first-order valence-corrected chi connectivity index (χ1v) is 9.71. The number of halogens is 2. The molecule has 7 heteroatoms. The van der Waals surface area contributed by atoms with Crippen LogP contribution in [0.4, 0.5) is 4.79 Å². The first-order valence-electron chi connectivity index (χ1n) is 8.95. The van der Waals surface area contributed by atoms with Crippen molar-refractivity contribution < 1.29 is 9.59 Å². The first kappa shape index (κ1) is 19.3. The van der Waals surface area contributed by atoms with Crippen molar-refractivity contribution in [3.8, 4) is 5.69 Å². The molecule has 0 atom stereocenters. The number of hydrogen-bond acceptors (Lipinski definition) is 2. The molecular formula is C22H17Cl2N3O2. The van der Waals surface area contributed by atoms with E-state index in [4.69, 9.17) is 23.2 Å². The standard InChI is InChI=1S/C22H17Cl2N3O2/c1-14-9-16(13-26(14)17-5-3-2-4-6-17)11-20-21(28)27(22(29)25-20)12-15-7-8-18(23)19(24)10-15/h2-11,13H,12H2,1H3,(H,25,29)/b20-11+. The van der Waals surface area contributed by atoms with Crippen LogP contribution >= 0.6 is 23.2 Å². The maximum absolute atomic E-state index is 12.7. The lowest BCUT2D eigenvalue weighted by molar-refractivity contribution is -0.123. The van der Waals surface area contributed by atoms with Gasteiger partial charge in [-0.1, -0.05) is 47.5 Å². The molecular weight excluding hydrogens is 409 g/mol. The Kier molecular flexibility index (Phi) is 5.18. The van der Waals surface area contributed by atoms with Gasteiger partial charge in [-0.25, -0.2) is 4.79 Å². The third-order valence-corrected chi connectivity index (χ3v) is 5.41. The maximum atomic E-state index is 12.7. The summed E-state index contributed by atoms with van der Waals surface area (Å²) in [5.74, 6) is -0.383. The van der Waals surface area contributed by atoms with Crippen LogP contribution in [-0.2, 0) is 11.3 Å².